The third-order valence-corrected chi connectivity index (χ3v) is 6.50. The zero-order chi connectivity index (χ0) is 15.0. The zero-order valence-corrected chi connectivity index (χ0v) is 14.2. The first-order chi connectivity index (χ1) is 10.8. The van der Waals surface area contributed by atoms with Crippen molar-refractivity contribution in [1.29, 1.82) is 0 Å². The Hall–Kier alpha value is -0.730. The quantitative estimate of drug-likeness (QED) is 0.747. The lowest BCUT2D eigenvalue weighted by molar-refractivity contribution is 0.111. The van der Waals surface area contributed by atoms with Crippen LogP contribution >= 0.6 is 11.6 Å². The van der Waals surface area contributed by atoms with Crippen LogP contribution in [0.1, 0.15) is 56.9 Å². The number of halogens is 1. The molecule has 1 aromatic rings. The molecule has 22 heavy (non-hydrogen) atoms. The Kier molecular flexibility index (Phi) is 4.08. The van der Waals surface area contributed by atoms with Crippen molar-refractivity contribution in [3.63, 3.8) is 0 Å². The molecule has 0 bridgehead atoms. The Morgan fingerprint density at radius 2 is 1.77 bits per heavy atom. The molecule has 1 aliphatic carbocycles. The maximum absolute atomic E-state index is 6.26. The molecule has 0 unspecified atom stereocenters. The molecule has 2 aliphatic heterocycles. The summed E-state index contributed by atoms with van der Waals surface area (Å²) in [6.45, 7) is 3.62. The molecule has 3 heteroatoms. The van der Waals surface area contributed by atoms with Gasteiger partial charge in [0.05, 0.1) is 0 Å². The zero-order valence-electron chi connectivity index (χ0n) is 13.4. The summed E-state index contributed by atoms with van der Waals surface area (Å²) in [5.74, 6) is 0. The summed E-state index contributed by atoms with van der Waals surface area (Å²) in [5.41, 5.74) is 3.12. The van der Waals surface area contributed by atoms with E-state index in [2.05, 4.69) is 22.3 Å². The molecule has 3 aliphatic rings. The summed E-state index contributed by atoms with van der Waals surface area (Å²) >= 11 is 6.26. The van der Waals surface area contributed by atoms with Crippen molar-refractivity contribution in [3.05, 3.63) is 28.8 Å². The minimum Gasteiger partial charge on any atom is -0.384 e. The summed E-state index contributed by atoms with van der Waals surface area (Å²) < 4.78 is 0. The lowest BCUT2D eigenvalue weighted by Gasteiger charge is -2.42. The monoisotopic (exact) mass is 318 g/mol. The minimum absolute atomic E-state index is 0.335. The van der Waals surface area contributed by atoms with Gasteiger partial charge in [0.2, 0.25) is 0 Å². The van der Waals surface area contributed by atoms with Crippen LogP contribution < -0.4 is 5.32 Å². The molecule has 0 aromatic heterocycles. The first kappa shape index (κ1) is 14.8. The van der Waals surface area contributed by atoms with Crippen LogP contribution in [0.15, 0.2) is 18.2 Å². The highest BCUT2D eigenvalue weighted by atomic mass is 35.5. The van der Waals surface area contributed by atoms with Crippen LogP contribution in [0.25, 0.3) is 0 Å². The molecule has 2 fully saturated rings. The fraction of sp³-hybridized carbons (Fsp3) is 0.684. The van der Waals surface area contributed by atoms with Gasteiger partial charge in [-0.05, 0) is 62.5 Å². The molecule has 0 radical (unpaired) electrons. The van der Waals surface area contributed by atoms with Gasteiger partial charge in [0.25, 0.3) is 0 Å². The molecule has 2 heterocycles. The predicted molar refractivity (Wildman–Crippen MR) is 93.9 cm³/mol. The lowest BCUT2D eigenvalue weighted by Crippen LogP contribution is -2.47. The topological polar surface area (TPSA) is 15.3 Å². The fourth-order valence-electron chi connectivity index (χ4n) is 4.86. The Morgan fingerprint density at radius 3 is 2.50 bits per heavy atom. The van der Waals surface area contributed by atoms with Crippen LogP contribution in [-0.2, 0) is 5.41 Å². The van der Waals surface area contributed by atoms with E-state index in [9.17, 15) is 0 Å². The Labute approximate surface area is 139 Å². The highest BCUT2D eigenvalue weighted by Gasteiger charge is 2.42. The molecule has 4 rings (SSSR count). The molecule has 0 atom stereocenters. The van der Waals surface area contributed by atoms with E-state index in [1.807, 2.05) is 6.07 Å². The van der Waals surface area contributed by atoms with E-state index in [1.165, 1.54) is 75.7 Å². The SMILES string of the molecule is Clc1ccc2c(c1)C1(CCN(C3CCCCCC3)CC1)CN2. The number of nitrogens with one attached hydrogen (secondary N) is 1. The molecule has 1 N–H and O–H groups in total. The number of nitrogens with zero attached hydrogens (tertiary/aromatic N) is 1. The number of benzene rings is 1. The number of piperidine rings is 1. The summed E-state index contributed by atoms with van der Waals surface area (Å²) in [5, 5.41) is 4.50. The summed E-state index contributed by atoms with van der Waals surface area (Å²) in [6, 6.07) is 7.23. The van der Waals surface area contributed by atoms with Crippen LogP contribution in [-0.4, -0.2) is 30.6 Å². The van der Waals surface area contributed by atoms with Crippen LogP contribution in [0.4, 0.5) is 5.69 Å². The number of rotatable bonds is 1. The van der Waals surface area contributed by atoms with E-state index < -0.39 is 0 Å². The van der Waals surface area contributed by atoms with Gasteiger partial charge in [-0.3, -0.25) is 0 Å². The molecule has 1 aromatic carbocycles. The molecule has 2 nitrogen and oxygen atoms in total. The molecule has 0 amide bonds. The molecule has 1 saturated carbocycles. The van der Waals surface area contributed by atoms with Crippen molar-refractivity contribution in [2.45, 2.75) is 62.8 Å². The van der Waals surface area contributed by atoms with Gasteiger partial charge < -0.3 is 10.2 Å². The lowest BCUT2D eigenvalue weighted by atomic mass is 9.74. The van der Waals surface area contributed by atoms with Gasteiger partial charge in [-0.1, -0.05) is 37.3 Å². The third-order valence-electron chi connectivity index (χ3n) is 6.27. The van der Waals surface area contributed by atoms with Crippen molar-refractivity contribution < 1.29 is 0 Å². The van der Waals surface area contributed by atoms with E-state index in [1.54, 1.807) is 0 Å². The number of hydrogen-bond acceptors (Lipinski definition) is 2. The number of fused-ring (bicyclic) bond motifs is 2. The van der Waals surface area contributed by atoms with Gasteiger partial charge in [0.15, 0.2) is 0 Å². The number of likely N-dealkylation sites (tertiary alicyclic amines) is 1. The molecule has 1 saturated heterocycles. The van der Waals surface area contributed by atoms with E-state index in [0.717, 1.165) is 17.6 Å². The van der Waals surface area contributed by atoms with Crippen molar-refractivity contribution >= 4 is 17.3 Å². The smallest absolute Gasteiger partial charge is 0.0410 e. The number of hydrogen-bond donors (Lipinski definition) is 1. The average molecular weight is 319 g/mol. The van der Waals surface area contributed by atoms with E-state index in [0.29, 0.717) is 5.41 Å². The van der Waals surface area contributed by atoms with E-state index in [-0.39, 0.29) is 0 Å². The number of anilines is 1. The molecular weight excluding hydrogens is 292 g/mol. The van der Waals surface area contributed by atoms with Gasteiger partial charge in [-0.2, -0.15) is 0 Å². The molecular formula is C19H27ClN2. The molecule has 1 spiro atoms. The summed E-state index contributed by atoms with van der Waals surface area (Å²) in [6.07, 6.45) is 11.2. The van der Waals surface area contributed by atoms with Crippen molar-refractivity contribution in [3.8, 4) is 0 Å². The second-order valence-corrected chi connectivity index (χ2v) is 7.94. The van der Waals surface area contributed by atoms with Crippen molar-refractivity contribution in [2.75, 3.05) is 25.0 Å². The fourth-order valence-corrected chi connectivity index (χ4v) is 5.03. The average Bonchev–Trinajstić information content (AvgIpc) is 2.74. The second-order valence-electron chi connectivity index (χ2n) is 7.51. The highest BCUT2D eigenvalue weighted by Crippen LogP contribution is 2.45. The van der Waals surface area contributed by atoms with Gasteiger partial charge in [0, 0.05) is 28.7 Å². The van der Waals surface area contributed by atoms with Crippen LogP contribution in [0.3, 0.4) is 0 Å². The Bertz CT molecular complexity index is 526. The van der Waals surface area contributed by atoms with E-state index in [4.69, 9.17) is 11.6 Å². The Morgan fingerprint density at radius 1 is 1.05 bits per heavy atom. The first-order valence-corrected chi connectivity index (χ1v) is 9.43. The Balaban J connectivity index is 1.47. The minimum atomic E-state index is 0.335. The first-order valence-electron chi connectivity index (χ1n) is 9.05. The maximum atomic E-state index is 6.26. The van der Waals surface area contributed by atoms with E-state index >= 15 is 0 Å². The normalized spacial score (nSPS) is 25.7. The van der Waals surface area contributed by atoms with Crippen molar-refractivity contribution in [1.82, 2.24) is 4.90 Å². The van der Waals surface area contributed by atoms with Gasteiger partial charge in [0.1, 0.15) is 0 Å². The van der Waals surface area contributed by atoms with Crippen molar-refractivity contribution in [2.24, 2.45) is 0 Å². The highest BCUT2D eigenvalue weighted by molar-refractivity contribution is 6.30. The summed E-state index contributed by atoms with van der Waals surface area (Å²) in [4.78, 5) is 2.79. The predicted octanol–water partition coefficient (Wildman–Crippen LogP) is 4.82. The van der Waals surface area contributed by atoms with Gasteiger partial charge in [-0.25, -0.2) is 0 Å². The van der Waals surface area contributed by atoms with Crippen LogP contribution in [0.5, 0.6) is 0 Å². The standard InChI is InChI=1S/C19H27ClN2/c20-15-7-8-18-17(13-15)19(14-21-18)9-11-22(12-10-19)16-5-3-1-2-4-6-16/h7-8,13,16,21H,1-6,9-12,14H2. The summed E-state index contributed by atoms with van der Waals surface area (Å²) in [7, 11) is 0. The second kappa shape index (κ2) is 6.05. The maximum Gasteiger partial charge on any atom is 0.0410 e. The van der Waals surface area contributed by atoms with Crippen LogP contribution in [0.2, 0.25) is 5.02 Å². The largest absolute Gasteiger partial charge is 0.384 e. The van der Waals surface area contributed by atoms with Gasteiger partial charge >= 0.3 is 0 Å². The third kappa shape index (κ3) is 2.65. The van der Waals surface area contributed by atoms with Crippen LogP contribution in [0, 0.1) is 0 Å². The van der Waals surface area contributed by atoms with Gasteiger partial charge in [-0.15, -0.1) is 0 Å². The molecule has 120 valence electrons.